The third-order valence-electron chi connectivity index (χ3n) is 2.88. The van der Waals surface area contributed by atoms with Crippen LogP contribution in [0.3, 0.4) is 0 Å². The molecule has 3 heteroatoms. The van der Waals surface area contributed by atoms with Crippen molar-refractivity contribution in [1.29, 1.82) is 0 Å². The highest BCUT2D eigenvalue weighted by Gasteiger charge is 2.26. The minimum atomic E-state index is 0.101. The quantitative estimate of drug-likeness (QED) is 0.689. The van der Waals surface area contributed by atoms with Crippen LogP contribution >= 0.6 is 0 Å². The van der Waals surface area contributed by atoms with Gasteiger partial charge in [0.1, 0.15) is 5.78 Å². The topological polar surface area (TPSA) is 37.4 Å². The van der Waals surface area contributed by atoms with Crippen molar-refractivity contribution < 1.29 is 9.59 Å². The molecule has 0 saturated carbocycles. The molecule has 1 amide bonds. The molecule has 14 heavy (non-hydrogen) atoms. The maximum atomic E-state index is 11.5. The fourth-order valence-corrected chi connectivity index (χ4v) is 1.98. The number of rotatable bonds is 3. The highest BCUT2D eigenvalue weighted by atomic mass is 16.2. The van der Waals surface area contributed by atoms with E-state index in [0.717, 1.165) is 19.4 Å². The summed E-state index contributed by atoms with van der Waals surface area (Å²) in [5.41, 5.74) is 0. The largest absolute Gasteiger partial charge is 0.342 e. The number of ketones is 1. The van der Waals surface area contributed by atoms with E-state index in [-0.39, 0.29) is 11.8 Å². The number of hydrogen-bond donors (Lipinski definition) is 0. The summed E-state index contributed by atoms with van der Waals surface area (Å²) in [7, 11) is 0. The zero-order valence-electron chi connectivity index (χ0n) is 9.08. The predicted octanol–water partition coefficient (Wildman–Crippen LogP) is 1.61. The Labute approximate surface area is 85.5 Å². The van der Waals surface area contributed by atoms with E-state index in [9.17, 15) is 9.59 Å². The summed E-state index contributed by atoms with van der Waals surface area (Å²) in [6, 6.07) is 0. The molecule has 1 unspecified atom stereocenters. The third-order valence-corrected chi connectivity index (χ3v) is 2.88. The molecule has 0 bridgehead atoms. The number of piperidine rings is 1. The molecule has 1 rings (SSSR count). The third kappa shape index (κ3) is 2.56. The molecule has 1 aliphatic heterocycles. The van der Waals surface area contributed by atoms with Gasteiger partial charge in [0.25, 0.3) is 0 Å². The lowest BCUT2D eigenvalue weighted by molar-refractivity contribution is -0.134. The lowest BCUT2D eigenvalue weighted by atomic mass is 9.92. The van der Waals surface area contributed by atoms with Gasteiger partial charge in [-0.3, -0.25) is 9.59 Å². The maximum Gasteiger partial charge on any atom is 0.222 e. The average molecular weight is 197 g/mol. The summed E-state index contributed by atoms with van der Waals surface area (Å²) in [6.07, 6.45) is 3.08. The zero-order chi connectivity index (χ0) is 10.6. The van der Waals surface area contributed by atoms with Crippen LogP contribution in [0.25, 0.3) is 0 Å². The van der Waals surface area contributed by atoms with Crippen molar-refractivity contribution in [3.63, 3.8) is 0 Å². The summed E-state index contributed by atoms with van der Waals surface area (Å²) in [4.78, 5) is 24.8. The smallest absolute Gasteiger partial charge is 0.222 e. The molecule has 0 aliphatic carbocycles. The SMILES string of the molecule is CCC(=O)C1CCCN(C(=O)CC)C1. The second-order valence-corrected chi connectivity index (χ2v) is 3.85. The molecular formula is C11H19NO2. The van der Waals surface area contributed by atoms with Crippen LogP contribution in [0, 0.1) is 5.92 Å². The average Bonchev–Trinajstić information content (AvgIpc) is 2.27. The van der Waals surface area contributed by atoms with Gasteiger partial charge in [-0.15, -0.1) is 0 Å². The highest BCUT2D eigenvalue weighted by Crippen LogP contribution is 2.18. The van der Waals surface area contributed by atoms with Gasteiger partial charge >= 0.3 is 0 Å². The van der Waals surface area contributed by atoms with Crippen molar-refractivity contribution in [2.45, 2.75) is 39.5 Å². The van der Waals surface area contributed by atoms with Crippen LogP contribution in [0.5, 0.6) is 0 Å². The molecule has 1 fully saturated rings. The van der Waals surface area contributed by atoms with Gasteiger partial charge in [0.05, 0.1) is 0 Å². The van der Waals surface area contributed by atoms with Gasteiger partial charge in [0, 0.05) is 31.8 Å². The summed E-state index contributed by atoms with van der Waals surface area (Å²) >= 11 is 0. The fraction of sp³-hybridized carbons (Fsp3) is 0.818. The number of carbonyl (C=O) groups is 2. The van der Waals surface area contributed by atoms with E-state index < -0.39 is 0 Å². The molecule has 0 aromatic rings. The van der Waals surface area contributed by atoms with E-state index in [4.69, 9.17) is 0 Å². The number of amides is 1. The van der Waals surface area contributed by atoms with Gasteiger partial charge in [0.2, 0.25) is 5.91 Å². The molecular weight excluding hydrogens is 178 g/mol. The van der Waals surface area contributed by atoms with Crippen LogP contribution in [0.2, 0.25) is 0 Å². The van der Waals surface area contributed by atoms with E-state index in [1.165, 1.54) is 0 Å². The number of likely N-dealkylation sites (tertiary alicyclic amines) is 1. The molecule has 1 atom stereocenters. The Morgan fingerprint density at radius 1 is 1.29 bits per heavy atom. The van der Waals surface area contributed by atoms with Crippen molar-refractivity contribution in [2.24, 2.45) is 5.92 Å². The van der Waals surface area contributed by atoms with E-state index in [2.05, 4.69) is 0 Å². The van der Waals surface area contributed by atoms with Crippen LogP contribution in [0.15, 0.2) is 0 Å². The molecule has 0 radical (unpaired) electrons. The number of carbonyl (C=O) groups excluding carboxylic acids is 2. The first-order valence-corrected chi connectivity index (χ1v) is 5.49. The van der Waals surface area contributed by atoms with Crippen molar-refractivity contribution >= 4 is 11.7 Å². The van der Waals surface area contributed by atoms with Gasteiger partial charge in [0.15, 0.2) is 0 Å². The number of nitrogens with zero attached hydrogens (tertiary/aromatic N) is 1. The highest BCUT2D eigenvalue weighted by molar-refractivity contribution is 5.82. The van der Waals surface area contributed by atoms with Crippen LogP contribution in [0.4, 0.5) is 0 Å². The summed E-state index contributed by atoms with van der Waals surface area (Å²) in [5.74, 6) is 0.585. The maximum absolute atomic E-state index is 11.5. The Balaban J connectivity index is 2.51. The minimum absolute atomic E-state index is 0.101. The molecule has 0 aromatic heterocycles. The van der Waals surface area contributed by atoms with Crippen LogP contribution in [-0.4, -0.2) is 29.7 Å². The lowest BCUT2D eigenvalue weighted by Gasteiger charge is -2.31. The van der Waals surface area contributed by atoms with Gasteiger partial charge in [-0.1, -0.05) is 13.8 Å². The van der Waals surface area contributed by atoms with Crippen molar-refractivity contribution in [2.75, 3.05) is 13.1 Å². The predicted molar refractivity (Wildman–Crippen MR) is 54.9 cm³/mol. The minimum Gasteiger partial charge on any atom is -0.342 e. The van der Waals surface area contributed by atoms with Gasteiger partial charge < -0.3 is 4.90 Å². The molecule has 1 heterocycles. The van der Waals surface area contributed by atoms with Crippen LogP contribution in [0.1, 0.15) is 39.5 Å². The number of Topliss-reactive ketones (excluding diaryl/α,β-unsaturated/α-hetero) is 1. The van der Waals surface area contributed by atoms with Crippen LogP contribution in [-0.2, 0) is 9.59 Å². The summed E-state index contributed by atoms with van der Waals surface area (Å²) in [6.45, 7) is 5.25. The lowest BCUT2D eigenvalue weighted by Crippen LogP contribution is -2.41. The first kappa shape index (κ1) is 11.2. The number of hydrogen-bond acceptors (Lipinski definition) is 2. The first-order chi connectivity index (χ1) is 6.69. The molecule has 1 saturated heterocycles. The Morgan fingerprint density at radius 2 is 2.00 bits per heavy atom. The Kier molecular flexibility index (Phi) is 4.11. The second-order valence-electron chi connectivity index (χ2n) is 3.85. The molecule has 0 N–H and O–H groups in total. The fourth-order valence-electron chi connectivity index (χ4n) is 1.98. The monoisotopic (exact) mass is 197 g/mol. The molecule has 0 spiro atoms. The zero-order valence-corrected chi connectivity index (χ0v) is 9.08. The Hall–Kier alpha value is -0.860. The summed E-state index contributed by atoms with van der Waals surface area (Å²) < 4.78 is 0. The van der Waals surface area contributed by atoms with Gasteiger partial charge in [-0.25, -0.2) is 0 Å². The van der Waals surface area contributed by atoms with E-state index in [1.807, 2.05) is 18.7 Å². The van der Waals surface area contributed by atoms with Crippen molar-refractivity contribution in [1.82, 2.24) is 4.90 Å². The Bertz CT molecular complexity index is 203. The first-order valence-electron chi connectivity index (χ1n) is 5.49. The standard InChI is InChI=1S/C11H19NO2/c1-3-10(13)9-6-5-7-12(8-9)11(14)4-2/h9H,3-8H2,1-2H3. The van der Waals surface area contributed by atoms with Gasteiger partial charge in [-0.2, -0.15) is 0 Å². The van der Waals surface area contributed by atoms with Crippen molar-refractivity contribution in [3.05, 3.63) is 0 Å². The van der Waals surface area contributed by atoms with Gasteiger partial charge in [-0.05, 0) is 12.8 Å². The molecule has 1 aliphatic rings. The molecule has 3 nitrogen and oxygen atoms in total. The molecule has 0 aromatic carbocycles. The van der Waals surface area contributed by atoms with Crippen LogP contribution < -0.4 is 0 Å². The van der Waals surface area contributed by atoms with Crippen molar-refractivity contribution in [3.8, 4) is 0 Å². The van der Waals surface area contributed by atoms with E-state index >= 15 is 0 Å². The second kappa shape index (κ2) is 5.13. The van der Waals surface area contributed by atoms with E-state index in [0.29, 0.717) is 25.2 Å². The van der Waals surface area contributed by atoms with E-state index in [1.54, 1.807) is 0 Å². The normalized spacial score (nSPS) is 22.1. The molecule has 80 valence electrons. The summed E-state index contributed by atoms with van der Waals surface area (Å²) in [5, 5.41) is 0. The Morgan fingerprint density at radius 3 is 2.57 bits per heavy atom.